The highest BCUT2D eigenvalue weighted by Crippen LogP contribution is 2.22. The van der Waals surface area contributed by atoms with E-state index in [0.717, 1.165) is 22.3 Å². The zero-order valence-electron chi connectivity index (χ0n) is 16.4. The van der Waals surface area contributed by atoms with Crippen LogP contribution in [-0.2, 0) is 13.6 Å². The Morgan fingerprint density at radius 1 is 1.21 bits per heavy atom. The molecule has 8 heteroatoms. The molecule has 0 aliphatic heterocycles. The molecule has 0 radical (unpaired) electrons. The molecular weight excluding hydrogens is 388 g/mol. The van der Waals surface area contributed by atoms with Crippen LogP contribution in [0.5, 0.6) is 0 Å². The Hall–Kier alpha value is -3.19. The molecule has 1 aromatic carbocycles. The number of benzene rings is 1. The number of pyridine rings is 1. The highest BCUT2D eigenvalue weighted by Gasteiger charge is 2.11. The van der Waals surface area contributed by atoms with Crippen LogP contribution in [0.2, 0.25) is 5.02 Å². The summed E-state index contributed by atoms with van der Waals surface area (Å²) < 4.78 is 3.68. The van der Waals surface area contributed by atoms with E-state index < -0.39 is 0 Å². The van der Waals surface area contributed by atoms with Gasteiger partial charge < -0.3 is 14.5 Å². The Bertz CT molecular complexity index is 1240. The molecule has 148 valence electrons. The SMILES string of the molecule is CC(C)n1cncc1-c1ccnc(NCc2cc3cc(Cl)ccc3n(C)c2=O)n1. The van der Waals surface area contributed by atoms with Crippen molar-refractivity contribution in [2.24, 2.45) is 7.05 Å². The van der Waals surface area contributed by atoms with E-state index in [1.54, 1.807) is 36.4 Å². The number of hydrogen-bond donors (Lipinski definition) is 1. The van der Waals surface area contributed by atoms with Gasteiger partial charge in [0.25, 0.3) is 5.56 Å². The number of hydrogen-bond acceptors (Lipinski definition) is 5. The molecule has 0 saturated heterocycles. The minimum Gasteiger partial charge on any atom is -0.350 e. The van der Waals surface area contributed by atoms with E-state index >= 15 is 0 Å². The fraction of sp³-hybridized carbons (Fsp3) is 0.238. The summed E-state index contributed by atoms with van der Waals surface area (Å²) in [6.07, 6.45) is 5.27. The third kappa shape index (κ3) is 3.73. The first-order valence-corrected chi connectivity index (χ1v) is 9.69. The second-order valence-corrected chi connectivity index (χ2v) is 7.57. The average Bonchev–Trinajstić information content (AvgIpc) is 3.20. The second-order valence-electron chi connectivity index (χ2n) is 7.14. The third-order valence-electron chi connectivity index (χ3n) is 4.84. The molecule has 0 atom stereocenters. The quantitative estimate of drug-likeness (QED) is 0.539. The molecule has 0 aliphatic carbocycles. The van der Waals surface area contributed by atoms with Crippen molar-refractivity contribution in [2.75, 3.05) is 5.32 Å². The van der Waals surface area contributed by atoms with E-state index in [9.17, 15) is 4.79 Å². The van der Waals surface area contributed by atoms with Crippen molar-refractivity contribution in [3.05, 3.63) is 70.0 Å². The molecule has 0 bridgehead atoms. The van der Waals surface area contributed by atoms with Gasteiger partial charge in [-0.15, -0.1) is 0 Å². The molecule has 0 fully saturated rings. The highest BCUT2D eigenvalue weighted by atomic mass is 35.5. The van der Waals surface area contributed by atoms with Crippen molar-refractivity contribution in [3.63, 3.8) is 0 Å². The highest BCUT2D eigenvalue weighted by molar-refractivity contribution is 6.31. The van der Waals surface area contributed by atoms with Crippen molar-refractivity contribution in [1.82, 2.24) is 24.1 Å². The van der Waals surface area contributed by atoms with Crippen LogP contribution < -0.4 is 10.9 Å². The zero-order chi connectivity index (χ0) is 20.5. The number of nitrogens with zero attached hydrogens (tertiary/aromatic N) is 5. The molecule has 0 saturated carbocycles. The molecule has 0 spiro atoms. The largest absolute Gasteiger partial charge is 0.350 e. The standard InChI is InChI=1S/C21H21ClN6O/c1-13(2)28-12-23-11-19(28)17-6-7-24-21(26-17)25-10-15-8-14-9-16(22)4-5-18(14)27(3)20(15)29/h4-9,11-13H,10H2,1-3H3,(H,24,25,26). The lowest BCUT2D eigenvalue weighted by Crippen LogP contribution is -2.23. The number of aryl methyl sites for hydroxylation is 1. The number of fused-ring (bicyclic) bond motifs is 1. The van der Waals surface area contributed by atoms with E-state index in [1.165, 1.54) is 0 Å². The Morgan fingerprint density at radius 3 is 2.83 bits per heavy atom. The Kier molecular flexibility index (Phi) is 5.07. The maximum atomic E-state index is 12.7. The van der Waals surface area contributed by atoms with E-state index in [2.05, 4.69) is 38.7 Å². The molecule has 0 amide bonds. The van der Waals surface area contributed by atoms with Crippen molar-refractivity contribution in [3.8, 4) is 11.4 Å². The van der Waals surface area contributed by atoms with Crippen LogP contribution in [-0.4, -0.2) is 24.1 Å². The Labute approximate surface area is 173 Å². The number of imidazole rings is 1. The molecule has 0 unspecified atom stereocenters. The van der Waals surface area contributed by atoms with Gasteiger partial charge in [-0.3, -0.25) is 4.79 Å². The molecule has 3 heterocycles. The predicted molar refractivity (Wildman–Crippen MR) is 115 cm³/mol. The van der Waals surface area contributed by atoms with Crippen LogP contribution in [0.15, 0.2) is 53.8 Å². The van der Waals surface area contributed by atoms with E-state index in [0.29, 0.717) is 23.1 Å². The van der Waals surface area contributed by atoms with Crippen molar-refractivity contribution in [2.45, 2.75) is 26.4 Å². The number of aromatic nitrogens is 5. The van der Waals surface area contributed by atoms with Crippen molar-refractivity contribution >= 4 is 28.5 Å². The average molecular weight is 409 g/mol. The molecule has 4 rings (SSSR count). The van der Waals surface area contributed by atoms with Gasteiger partial charge in [0.05, 0.1) is 29.4 Å². The summed E-state index contributed by atoms with van der Waals surface area (Å²) in [4.78, 5) is 25.8. The minimum absolute atomic E-state index is 0.0682. The fourth-order valence-electron chi connectivity index (χ4n) is 3.32. The second kappa shape index (κ2) is 7.67. The lowest BCUT2D eigenvalue weighted by molar-refractivity contribution is 0.604. The molecule has 3 aromatic heterocycles. The monoisotopic (exact) mass is 408 g/mol. The number of halogens is 1. The minimum atomic E-state index is -0.0682. The number of anilines is 1. The summed E-state index contributed by atoms with van der Waals surface area (Å²) in [5.41, 5.74) is 3.07. The van der Waals surface area contributed by atoms with Gasteiger partial charge in [-0.2, -0.15) is 0 Å². The van der Waals surface area contributed by atoms with Gasteiger partial charge >= 0.3 is 0 Å². The van der Waals surface area contributed by atoms with Crippen LogP contribution in [0.1, 0.15) is 25.5 Å². The summed E-state index contributed by atoms with van der Waals surface area (Å²) in [5, 5.41) is 4.70. The van der Waals surface area contributed by atoms with Crippen LogP contribution in [0.25, 0.3) is 22.3 Å². The van der Waals surface area contributed by atoms with Crippen LogP contribution >= 0.6 is 11.6 Å². The lowest BCUT2D eigenvalue weighted by Gasteiger charge is -2.12. The first-order chi connectivity index (χ1) is 13.9. The summed E-state index contributed by atoms with van der Waals surface area (Å²) in [6.45, 7) is 4.49. The van der Waals surface area contributed by atoms with Crippen LogP contribution in [0.3, 0.4) is 0 Å². The number of nitrogens with one attached hydrogen (secondary N) is 1. The smallest absolute Gasteiger partial charge is 0.255 e. The predicted octanol–water partition coefficient (Wildman–Crippen LogP) is 4.04. The summed E-state index contributed by atoms with van der Waals surface area (Å²) in [6, 6.07) is 9.45. The topological polar surface area (TPSA) is 77.6 Å². The summed E-state index contributed by atoms with van der Waals surface area (Å²) in [7, 11) is 1.76. The zero-order valence-corrected chi connectivity index (χ0v) is 17.2. The van der Waals surface area contributed by atoms with Gasteiger partial charge in [-0.05, 0) is 44.2 Å². The summed E-state index contributed by atoms with van der Waals surface area (Å²) >= 11 is 6.11. The number of rotatable bonds is 5. The molecule has 0 aliphatic rings. The molecular formula is C21H21ClN6O. The molecule has 1 N–H and O–H groups in total. The van der Waals surface area contributed by atoms with E-state index in [1.807, 2.05) is 24.3 Å². The van der Waals surface area contributed by atoms with Crippen LogP contribution in [0, 0.1) is 0 Å². The third-order valence-corrected chi connectivity index (χ3v) is 5.07. The maximum Gasteiger partial charge on any atom is 0.255 e. The Balaban J connectivity index is 1.62. The van der Waals surface area contributed by atoms with Gasteiger partial charge in [0.15, 0.2) is 0 Å². The molecule has 29 heavy (non-hydrogen) atoms. The van der Waals surface area contributed by atoms with Gasteiger partial charge in [-0.1, -0.05) is 11.6 Å². The van der Waals surface area contributed by atoms with Crippen LogP contribution in [0.4, 0.5) is 5.95 Å². The fourth-order valence-corrected chi connectivity index (χ4v) is 3.50. The first kappa shape index (κ1) is 19.1. The van der Waals surface area contributed by atoms with Gasteiger partial charge in [0.2, 0.25) is 5.95 Å². The van der Waals surface area contributed by atoms with E-state index in [-0.39, 0.29) is 11.6 Å². The van der Waals surface area contributed by atoms with Gasteiger partial charge in [0.1, 0.15) is 0 Å². The molecule has 7 nitrogen and oxygen atoms in total. The maximum absolute atomic E-state index is 12.7. The Morgan fingerprint density at radius 2 is 2.03 bits per heavy atom. The first-order valence-electron chi connectivity index (χ1n) is 9.31. The summed E-state index contributed by atoms with van der Waals surface area (Å²) in [5.74, 6) is 0.451. The normalized spacial score (nSPS) is 11.3. The van der Waals surface area contributed by atoms with Crippen molar-refractivity contribution in [1.29, 1.82) is 0 Å². The van der Waals surface area contributed by atoms with Gasteiger partial charge in [0, 0.05) is 41.8 Å². The lowest BCUT2D eigenvalue weighted by atomic mass is 10.1. The molecule has 4 aromatic rings. The van der Waals surface area contributed by atoms with E-state index in [4.69, 9.17) is 11.6 Å². The van der Waals surface area contributed by atoms with Gasteiger partial charge in [-0.25, -0.2) is 15.0 Å². The van der Waals surface area contributed by atoms with Crippen molar-refractivity contribution < 1.29 is 0 Å².